The molecule has 3 rings (SSSR count). The van der Waals surface area contributed by atoms with Crippen LogP contribution in [-0.4, -0.2) is 12.2 Å². The molecule has 0 saturated carbocycles. The maximum Gasteiger partial charge on any atom is 0.180 e. The van der Waals surface area contributed by atoms with Gasteiger partial charge in [-0.15, -0.1) is 11.3 Å². The zero-order chi connectivity index (χ0) is 21.1. The average molecular weight is 440 g/mol. The van der Waals surface area contributed by atoms with Crippen LogP contribution in [0.25, 0.3) is 10.1 Å². The second-order valence-corrected chi connectivity index (χ2v) is 10.1. The van der Waals surface area contributed by atoms with E-state index in [-0.39, 0.29) is 23.7 Å². The van der Waals surface area contributed by atoms with Crippen molar-refractivity contribution in [2.24, 2.45) is 0 Å². The number of fused-ring (bicyclic) bond motifs is 1. The SMILES string of the molecule is CC(C)OP(OC(C)C)C(Cc1ccc(F)c(F)c1)c1cc2c(F)cccc2s1. The Bertz CT molecular complexity index is 964. The van der Waals surface area contributed by atoms with Crippen LogP contribution in [0, 0.1) is 17.5 Å². The maximum atomic E-state index is 14.3. The maximum absolute atomic E-state index is 14.3. The van der Waals surface area contributed by atoms with E-state index in [4.69, 9.17) is 9.05 Å². The van der Waals surface area contributed by atoms with Crippen LogP contribution in [0.3, 0.4) is 0 Å². The molecule has 29 heavy (non-hydrogen) atoms. The van der Waals surface area contributed by atoms with Gasteiger partial charge in [0.1, 0.15) is 5.82 Å². The van der Waals surface area contributed by atoms with E-state index >= 15 is 0 Å². The first-order chi connectivity index (χ1) is 13.7. The number of hydrogen-bond donors (Lipinski definition) is 0. The Balaban J connectivity index is 2.04. The molecule has 1 heterocycles. The summed E-state index contributed by atoms with van der Waals surface area (Å²) in [5.41, 5.74) is 0.399. The van der Waals surface area contributed by atoms with Crippen LogP contribution in [0.2, 0.25) is 0 Å². The first kappa shape index (κ1) is 22.2. The van der Waals surface area contributed by atoms with E-state index < -0.39 is 20.0 Å². The van der Waals surface area contributed by atoms with Crippen LogP contribution < -0.4 is 0 Å². The Morgan fingerprint density at radius 3 is 2.14 bits per heavy atom. The molecule has 3 aromatic rings. The van der Waals surface area contributed by atoms with Crippen LogP contribution in [0.1, 0.15) is 43.8 Å². The Morgan fingerprint density at radius 2 is 1.55 bits per heavy atom. The standard InChI is InChI=1S/C22H24F3O2PS/c1-13(2)26-28(27-14(3)4)20(11-15-8-9-18(24)19(25)10-15)22-12-16-17(23)6-5-7-21(16)29-22/h5-10,12-14,20H,11H2,1-4H3. The first-order valence-electron chi connectivity index (χ1n) is 9.49. The van der Waals surface area contributed by atoms with Gasteiger partial charge in [0.2, 0.25) is 0 Å². The molecular weight excluding hydrogens is 416 g/mol. The number of hydrogen-bond acceptors (Lipinski definition) is 3. The summed E-state index contributed by atoms with van der Waals surface area (Å²) in [5.74, 6) is -2.05. The van der Waals surface area contributed by atoms with Crippen LogP contribution in [0.5, 0.6) is 0 Å². The van der Waals surface area contributed by atoms with E-state index in [0.717, 1.165) is 15.6 Å². The van der Waals surface area contributed by atoms with Crippen molar-refractivity contribution in [2.45, 2.75) is 52.0 Å². The normalized spacial score (nSPS) is 13.2. The highest BCUT2D eigenvalue weighted by atomic mass is 32.1. The van der Waals surface area contributed by atoms with Crippen LogP contribution in [-0.2, 0) is 15.5 Å². The van der Waals surface area contributed by atoms with E-state index in [1.807, 2.05) is 39.8 Å². The van der Waals surface area contributed by atoms with Crippen molar-refractivity contribution < 1.29 is 22.2 Å². The van der Waals surface area contributed by atoms with Gasteiger partial charge in [0.15, 0.2) is 20.0 Å². The molecule has 1 atom stereocenters. The molecule has 1 unspecified atom stereocenters. The summed E-state index contributed by atoms with van der Waals surface area (Å²) in [5, 5.41) is 0.548. The minimum atomic E-state index is -1.39. The van der Waals surface area contributed by atoms with Crippen molar-refractivity contribution in [3.63, 3.8) is 0 Å². The Kier molecular flexibility index (Phi) is 7.33. The summed E-state index contributed by atoms with van der Waals surface area (Å²) >= 11 is 1.48. The molecule has 2 aromatic carbocycles. The highest BCUT2D eigenvalue weighted by Crippen LogP contribution is 2.58. The minimum Gasteiger partial charge on any atom is -0.331 e. The lowest BCUT2D eigenvalue weighted by Gasteiger charge is -2.29. The molecule has 0 bridgehead atoms. The highest BCUT2D eigenvalue weighted by Gasteiger charge is 2.30. The van der Waals surface area contributed by atoms with Gasteiger partial charge >= 0.3 is 0 Å². The zero-order valence-corrected chi connectivity index (χ0v) is 18.5. The molecule has 2 nitrogen and oxygen atoms in total. The second-order valence-electron chi connectivity index (χ2n) is 7.36. The Hall–Kier alpha value is -1.46. The number of halogens is 3. The summed E-state index contributed by atoms with van der Waals surface area (Å²) in [6, 6.07) is 10.7. The van der Waals surface area contributed by atoms with Crippen molar-refractivity contribution in [2.75, 3.05) is 0 Å². The van der Waals surface area contributed by atoms with Gasteiger partial charge < -0.3 is 9.05 Å². The molecule has 156 valence electrons. The molecule has 0 amide bonds. The van der Waals surface area contributed by atoms with Gasteiger partial charge in [-0.05, 0) is 70.0 Å². The van der Waals surface area contributed by atoms with Crippen LogP contribution in [0.4, 0.5) is 13.2 Å². The molecule has 1 aromatic heterocycles. The third-order valence-corrected chi connectivity index (χ3v) is 7.77. The average Bonchev–Trinajstić information content (AvgIpc) is 3.06. The summed E-state index contributed by atoms with van der Waals surface area (Å²) in [6.45, 7) is 7.72. The molecule has 0 radical (unpaired) electrons. The van der Waals surface area contributed by atoms with Gasteiger partial charge in [0.25, 0.3) is 0 Å². The van der Waals surface area contributed by atoms with E-state index in [9.17, 15) is 13.2 Å². The van der Waals surface area contributed by atoms with Crippen molar-refractivity contribution in [3.8, 4) is 0 Å². The molecule has 0 aliphatic heterocycles. The van der Waals surface area contributed by atoms with E-state index in [1.165, 1.54) is 23.5 Å². The summed E-state index contributed by atoms with van der Waals surface area (Å²) in [4.78, 5) is 0.905. The summed E-state index contributed by atoms with van der Waals surface area (Å²) in [7, 11) is -1.39. The fourth-order valence-corrected chi connectivity index (χ4v) is 6.26. The van der Waals surface area contributed by atoms with Gasteiger partial charge in [0.05, 0.1) is 17.9 Å². The molecule has 7 heteroatoms. The number of benzene rings is 2. The minimum absolute atomic E-state index is 0.0709. The predicted molar refractivity (Wildman–Crippen MR) is 114 cm³/mol. The smallest absolute Gasteiger partial charge is 0.180 e. The quantitative estimate of drug-likeness (QED) is 0.333. The molecule has 0 saturated heterocycles. The molecule has 0 aliphatic rings. The summed E-state index contributed by atoms with van der Waals surface area (Å²) in [6.07, 6.45) is 0.258. The van der Waals surface area contributed by atoms with E-state index in [1.54, 1.807) is 12.1 Å². The van der Waals surface area contributed by atoms with Gasteiger partial charge in [-0.2, -0.15) is 0 Å². The van der Waals surface area contributed by atoms with E-state index in [2.05, 4.69) is 0 Å². The van der Waals surface area contributed by atoms with Crippen molar-refractivity contribution in [1.82, 2.24) is 0 Å². The van der Waals surface area contributed by atoms with Crippen molar-refractivity contribution >= 4 is 29.8 Å². The predicted octanol–water partition coefficient (Wildman–Crippen LogP) is 7.76. The largest absolute Gasteiger partial charge is 0.331 e. The third kappa shape index (κ3) is 5.58. The van der Waals surface area contributed by atoms with Crippen molar-refractivity contribution in [3.05, 3.63) is 70.4 Å². The molecule has 0 spiro atoms. The zero-order valence-electron chi connectivity index (χ0n) is 16.8. The monoisotopic (exact) mass is 440 g/mol. The lowest BCUT2D eigenvalue weighted by atomic mass is 10.1. The third-order valence-electron chi connectivity index (χ3n) is 4.15. The van der Waals surface area contributed by atoms with Crippen molar-refractivity contribution in [1.29, 1.82) is 0 Å². The number of thiophene rings is 1. The topological polar surface area (TPSA) is 18.5 Å². The summed E-state index contributed by atoms with van der Waals surface area (Å²) < 4.78 is 54.5. The lowest BCUT2D eigenvalue weighted by molar-refractivity contribution is 0.172. The molecular formula is C22H24F3O2PS. The Morgan fingerprint density at radius 1 is 0.862 bits per heavy atom. The molecule has 0 aliphatic carbocycles. The second kappa shape index (κ2) is 9.57. The van der Waals surface area contributed by atoms with Crippen LogP contribution >= 0.6 is 19.7 Å². The fraction of sp³-hybridized carbons (Fsp3) is 0.364. The molecule has 0 fully saturated rings. The Labute approximate surface area is 174 Å². The van der Waals surface area contributed by atoms with Gasteiger partial charge in [-0.1, -0.05) is 12.1 Å². The number of rotatable bonds is 8. The molecule has 0 N–H and O–H groups in total. The fourth-order valence-electron chi connectivity index (χ4n) is 2.97. The lowest BCUT2D eigenvalue weighted by Crippen LogP contribution is -2.11. The first-order valence-corrected chi connectivity index (χ1v) is 11.6. The van der Waals surface area contributed by atoms with Crippen LogP contribution in [0.15, 0.2) is 42.5 Å². The highest BCUT2D eigenvalue weighted by molar-refractivity contribution is 7.48. The van der Waals surface area contributed by atoms with Gasteiger partial charge in [-0.3, -0.25) is 0 Å². The van der Waals surface area contributed by atoms with Gasteiger partial charge in [-0.25, -0.2) is 13.2 Å². The van der Waals surface area contributed by atoms with Gasteiger partial charge in [0, 0.05) is 15.0 Å². The van der Waals surface area contributed by atoms with E-state index in [0.29, 0.717) is 17.4 Å².